The molecule has 0 saturated heterocycles. The predicted octanol–water partition coefficient (Wildman–Crippen LogP) is 1.49. The first-order valence-electron chi connectivity index (χ1n) is 4.69. The lowest BCUT2D eigenvalue weighted by Crippen LogP contribution is -2.29. The maximum absolute atomic E-state index is 3.39. The van der Waals surface area contributed by atoms with Crippen molar-refractivity contribution in [3.05, 3.63) is 53.5 Å². The molecule has 0 aromatic heterocycles. The topological polar surface area (TPSA) is 36.1 Å². The Labute approximate surface area is 82.5 Å². The molecule has 2 aliphatic heterocycles. The zero-order valence-corrected chi connectivity index (χ0v) is 7.67. The minimum atomic E-state index is 0.990. The summed E-state index contributed by atoms with van der Waals surface area (Å²) >= 11 is 0. The van der Waals surface area contributed by atoms with Crippen LogP contribution < -0.4 is 16.2 Å². The van der Waals surface area contributed by atoms with E-state index in [1.165, 1.54) is 16.8 Å². The number of rotatable bonds is 0. The summed E-state index contributed by atoms with van der Waals surface area (Å²) in [5.41, 5.74) is 11.0. The van der Waals surface area contributed by atoms with Crippen LogP contribution in [0.15, 0.2) is 47.9 Å². The lowest BCUT2D eigenvalue weighted by atomic mass is 9.97. The first-order valence-corrected chi connectivity index (χ1v) is 4.69. The van der Waals surface area contributed by atoms with Gasteiger partial charge in [-0.15, -0.1) is 0 Å². The molecule has 0 atom stereocenters. The Balaban J connectivity index is 2.07. The Bertz CT molecular complexity index is 391. The largest absolute Gasteiger partial charge is 0.354 e. The predicted molar refractivity (Wildman–Crippen MR) is 56.2 cm³/mol. The highest BCUT2D eigenvalue weighted by Crippen LogP contribution is 2.29. The molecule has 2 heterocycles. The van der Waals surface area contributed by atoms with E-state index in [1.807, 2.05) is 12.4 Å². The van der Waals surface area contributed by atoms with Crippen LogP contribution in [0.5, 0.6) is 0 Å². The van der Waals surface area contributed by atoms with Crippen molar-refractivity contribution in [1.82, 2.24) is 10.9 Å². The molecule has 0 spiro atoms. The molecule has 0 aliphatic carbocycles. The van der Waals surface area contributed by atoms with E-state index in [4.69, 9.17) is 0 Å². The van der Waals surface area contributed by atoms with Gasteiger partial charge in [-0.05, 0) is 17.2 Å². The van der Waals surface area contributed by atoms with Crippen molar-refractivity contribution < 1.29 is 0 Å². The van der Waals surface area contributed by atoms with Gasteiger partial charge >= 0.3 is 0 Å². The third kappa shape index (κ3) is 1.06. The van der Waals surface area contributed by atoms with Crippen LogP contribution in [0.4, 0.5) is 5.69 Å². The zero-order chi connectivity index (χ0) is 9.38. The molecule has 1 aromatic carbocycles. The summed E-state index contributed by atoms with van der Waals surface area (Å²) in [6.45, 7) is 0. The van der Waals surface area contributed by atoms with E-state index in [2.05, 4.69) is 40.4 Å². The Hall–Kier alpha value is -1.90. The highest BCUT2D eigenvalue weighted by atomic mass is 15.3. The molecule has 3 rings (SSSR count). The summed E-state index contributed by atoms with van der Waals surface area (Å²) in [6.07, 6.45) is 4.94. The quantitative estimate of drug-likeness (QED) is 0.573. The van der Waals surface area contributed by atoms with Gasteiger partial charge in [0.2, 0.25) is 0 Å². The molecule has 2 aliphatic rings. The summed E-state index contributed by atoms with van der Waals surface area (Å²) < 4.78 is 0. The molecule has 0 bridgehead atoms. The van der Waals surface area contributed by atoms with E-state index in [9.17, 15) is 0 Å². The summed E-state index contributed by atoms with van der Waals surface area (Å²) in [4.78, 5) is 0. The van der Waals surface area contributed by atoms with Crippen LogP contribution in [0.3, 0.4) is 0 Å². The van der Waals surface area contributed by atoms with E-state index in [0.717, 1.165) is 12.1 Å². The molecule has 70 valence electrons. The fraction of sp³-hybridized carbons (Fsp3) is 0.0909. The minimum absolute atomic E-state index is 0.990. The molecule has 3 nitrogen and oxygen atoms in total. The Morgan fingerprint density at radius 3 is 2.86 bits per heavy atom. The van der Waals surface area contributed by atoms with Crippen LogP contribution in [0.25, 0.3) is 0 Å². The number of fused-ring (bicyclic) bond motifs is 2. The van der Waals surface area contributed by atoms with E-state index in [0.29, 0.717) is 0 Å². The molecule has 3 heteroatoms. The van der Waals surface area contributed by atoms with E-state index < -0.39 is 0 Å². The van der Waals surface area contributed by atoms with Gasteiger partial charge in [0.25, 0.3) is 0 Å². The van der Waals surface area contributed by atoms with E-state index >= 15 is 0 Å². The summed E-state index contributed by atoms with van der Waals surface area (Å²) in [5.74, 6) is 0. The van der Waals surface area contributed by atoms with E-state index in [-0.39, 0.29) is 0 Å². The average Bonchev–Trinajstić information content (AvgIpc) is 2.26. The first-order chi connectivity index (χ1) is 6.93. The molecule has 0 radical (unpaired) electrons. The highest BCUT2D eigenvalue weighted by Gasteiger charge is 2.17. The maximum Gasteiger partial charge on any atom is 0.0614 e. The van der Waals surface area contributed by atoms with Crippen LogP contribution in [-0.2, 0) is 6.42 Å². The second-order valence-corrected chi connectivity index (χ2v) is 3.48. The number of benzene rings is 1. The number of hydrazine groups is 1. The Morgan fingerprint density at radius 2 is 1.86 bits per heavy atom. The van der Waals surface area contributed by atoms with Crippen LogP contribution in [0, 0.1) is 0 Å². The fourth-order valence-electron chi connectivity index (χ4n) is 1.82. The highest BCUT2D eigenvalue weighted by molar-refractivity contribution is 5.64. The van der Waals surface area contributed by atoms with Gasteiger partial charge in [0.15, 0.2) is 0 Å². The lowest BCUT2D eigenvalue weighted by molar-refractivity contribution is 0.740. The third-order valence-electron chi connectivity index (χ3n) is 2.56. The minimum Gasteiger partial charge on any atom is -0.354 e. The van der Waals surface area contributed by atoms with Crippen molar-refractivity contribution in [2.45, 2.75) is 6.42 Å². The van der Waals surface area contributed by atoms with Crippen LogP contribution in [-0.4, -0.2) is 0 Å². The van der Waals surface area contributed by atoms with Crippen molar-refractivity contribution in [3.63, 3.8) is 0 Å². The second kappa shape index (κ2) is 2.80. The van der Waals surface area contributed by atoms with Crippen molar-refractivity contribution in [1.29, 1.82) is 0 Å². The van der Waals surface area contributed by atoms with Crippen molar-refractivity contribution in [2.24, 2.45) is 0 Å². The zero-order valence-electron chi connectivity index (χ0n) is 7.67. The molecule has 3 N–H and O–H groups in total. The van der Waals surface area contributed by atoms with Gasteiger partial charge in [-0.2, -0.15) is 0 Å². The number of allylic oxidation sites excluding steroid dienone is 1. The molecule has 0 saturated carbocycles. The van der Waals surface area contributed by atoms with Gasteiger partial charge in [-0.3, -0.25) is 0 Å². The number of para-hydroxylation sites is 1. The Kier molecular flexibility index (Phi) is 1.50. The van der Waals surface area contributed by atoms with Crippen LogP contribution >= 0.6 is 0 Å². The van der Waals surface area contributed by atoms with Crippen molar-refractivity contribution in [3.8, 4) is 0 Å². The monoisotopic (exact) mass is 185 g/mol. The molecule has 0 amide bonds. The molecular formula is C11H11N3. The first kappa shape index (κ1) is 7.50. The number of nitrogens with one attached hydrogen (secondary N) is 3. The average molecular weight is 185 g/mol. The van der Waals surface area contributed by atoms with Crippen LogP contribution in [0.1, 0.15) is 5.56 Å². The van der Waals surface area contributed by atoms with Gasteiger partial charge in [-0.1, -0.05) is 18.2 Å². The van der Waals surface area contributed by atoms with Crippen LogP contribution in [0.2, 0.25) is 0 Å². The lowest BCUT2D eigenvalue weighted by Gasteiger charge is -2.26. The number of hydrogen-bond donors (Lipinski definition) is 3. The molecule has 1 aromatic rings. The molecule has 0 unspecified atom stereocenters. The van der Waals surface area contributed by atoms with Crippen molar-refractivity contribution >= 4 is 5.69 Å². The molecular weight excluding hydrogens is 174 g/mol. The normalized spacial score (nSPS) is 17.4. The molecule has 14 heavy (non-hydrogen) atoms. The summed E-state index contributed by atoms with van der Waals surface area (Å²) in [5, 5.41) is 3.39. The SMILES string of the molecule is C1=C2Cc3ccccc3NC2=CNN1. The smallest absolute Gasteiger partial charge is 0.0614 e. The van der Waals surface area contributed by atoms with Gasteiger partial charge in [0, 0.05) is 24.5 Å². The van der Waals surface area contributed by atoms with Crippen molar-refractivity contribution in [2.75, 3.05) is 5.32 Å². The standard InChI is InChI=1S/C11H11N3/c1-2-4-10-8(3-1)5-9-6-12-13-7-11(9)14-10/h1-4,6-7,12-14H,5H2. The number of anilines is 1. The maximum atomic E-state index is 3.39. The Morgan fingerprint density at radius 1 is 1.00 bits per heavy atom. The molecule has 0 fully saturated rings. The van der Waals surface area contributed by atoms with Gasteiger partial charge in [0.05, 0.1) is 5.70 Å². The van der Waals surface area contributed by atoms with Gasteiger partial charge < -0.3 is 16.2 Å². The van der Waals surface area contributed by atoms with Gasteiger partial charge in [0.1, 0.15) is 0 Å². The van der Waals surface area contributed by atoms with Gasteiger partial charge in [-0.25, -0.2) is 0 Å². The fourth-order valence-corrected chi connectivity index (χ4v) is 1.82. The summed E-state index contributed by atoms with van der Waals surface area (Å²) in [7, 11) is 0. The second-order valence-electron chi connectivity index (χ2n) is 3.48. The third-order valence-corrected chi connectivity index (χ3v) is 2.56. The van der Waals surface area contributed by atoms with E-state index in [1.54, 1.807) is 0 Å². The number of hydrogen-bond acceptors (Lipinski definition) is 3. The summed E-state index contributed by atoms with van der Waals surface area (Å²) in [6, 6.07) is 8.39.